The molecule has 8 nitrogen and oxygen atoms in total. The average Bonchev–Trinajstić information content (AvgIpc) is 2.95. The van der Waals surface area contributed by atoms with Crippen molar-refractivity contribution in [1.82, 2.24) is 20.3 Å². The Morgan fingerprint density at radius 3 is 1.53 bits per heavy atom. The van der Waals surface area contributed by atoms with Crippen molar-refractivity contribution in [3.8, 4) is 11.4 Å². The molecule has 1 atom stereocenters. The molecule has 3 aromatic rings. The van der Waals surface area contributed by atoms with Crippen molar-refractivity contribution < 1.29 is 0 Å². The second-order valence-electron chi connectivity index (χ2n) is 7.95. The highest BCUT2D eigenvalue weighted by molar-refractivity contribution is 7.54. The van der Waals surface area contributed by atoms with E-state index in [0.29, 0.717) is 5.82 Å². The molecular weight excluding hydrogens is 735 g/mol. The van der Waals surface area contributed by atoms with Crippen LogP contribution in [-0.4, -0.2) is 68.7 Å². The molecule has 0 spiro atoms. The molecule has 17 heteroatoms. The lowest BCUT2D eigenvalue weighted by atomic mass is 10.2. The van der Waals surface area contributed by atoms with Crippen LogP contribution in [0.4, 0.5) is 11.4 Å². The summed E-state index contributed by atoms with van der Waals surface area (Å²) in [4.78, 5) is 23.6. The first-order valence-electron chi connectivity index (χ1n) is 13.0. The fraction of sp³-hybridized carbons (Fsp3) is 0.346. The Morgan fingerprint density at radius 2 is 1.14 bits per heavy atom. The van der Waals surface area contributed by atoms with Gasteiger partial charge in [0.05, 0.1) is 0 Å². The number of alkyl halides is 1. The van der Waals surface area contributed by atoms with Crippen LogP contribution in [0.3, 0.4) is 0 Å². The van der Waals surface area contributed by atoms with Crippen LogP contribution in [0.25, 0.3) is 11.4 Å². The van der Waals surface area contributed by atoms with Crippen LogP contribution in [0.2, 0.25) is 10.6 Å². The van der Waals surface area contributed by atoms with E-state index < -0.39 is 17.0 Å². The maximum atomic E-state index is 5.77. The fourth-order valence-corrected chi connectivity index (χ4v) is 4.53. The molecule has 0 fully saturated rings. The summed E-state index contributed by atoms with van der Waals surface area (Å²) in [6, 6.07) is 18.5. The number of nitrogens with one attached hydrogen (secondary N) is 1. The fourth-order valence-electron chi connectivity index (χ4n) is 3.46. The van der Waals surface area contributed by atoms with Crippen LogP contribution in [0, 0.1) is 0 Å². The van der Waals surface area contributed by atoms with Crippen molar-refractivity contribution in [1.29, 1.82) is 0 Å². The molecule has 1 aromatic heterocycles. The molecule has 234 valence electrons. The minimum absolute atomic E-state index is 0.0683. The molecule has 0 aliphatic carbocycles. The highest BCUT2D eigenvalue weighted by Gasteiger charge is 2.10. The van der Waals surface area contributed by atoms with E-state index in [0.717, 1.165) is 31.7 Å². The van der Waals surface area contributed by atoms with Gasteiger partial charge in [0.15, 0.2) is 11.4 Å². The minimum atomic E-state index is -1.72. The number of aromatic nitrogens is 3. The Hall–Kier alpha value is -0.958. The molecular formula is C26H31AlCl8N8. The lowest BCUT2D eigenvalue weighted by Crippen LogP contribution is -2.29. The molecule has 1 unspecified atom stereocenters. The van der Waals surface area contributed by atoms with E-state index in [4.69, 9.17) is 88.2 Å². The first-order chi connectivity index (χ1) is 20.4. The maximum Gasteiger partial charge on any atom is 0.643 e. The standard InChI is InChI=1S/C13H14Cl2N4.C10H15N.C3H2Cl3N3.Al.3ClH/c1-3-19(4-2)10-7-5-9(6-8-10)11-16-12(14)18-13(15)17-11;1-3-11(4-2)10-8-6-5-7-9-10;4-1-7-2(5)9-3(6)8-1;;;;/h5-8H,3-4H2,1-2H3;5-9H,3-4H2,1-2H3;1H,(H,7,8,9);;3*1H/q;;;+3;;;/p-3. The van der Waals surface area contributed by atoms with Gasteiger partial charge < -0.3 is 15.1 Å². The predicted molar refractivity (Wildman–Crippen MR) is 192 cm³/mol. The third kappa shape index (κ3) is 16.8. The quantitative estimate of drug-likeness (QED) is 0.147. The van der Waals surface area contributed by atoms with Crippen LogP contribution < -0.4 is 15.1 Å². The van der Waals surface area contributed by atoms with Crippen molar-refractivity contribution in [3.05, 3.63) is 65.2 Å². The summed E-state index contributed by atoms with van der Waals surface area (Å²) in [7, 11) is 14.8. The van der Waals surface area contributed by atoms with Crippen molar-refractivity contribution >= 4 is 122 Å². The number of nitrogens with zero attached hydrogens (tertiary/aromatic N) is 7. The minimum Gasteiger partial charge on any atom is -0.372 e. The molecule has 0 amide bonds. The zero-order valence-corrected chi connectivity index (χ0v) is 31.0. The Kier molecular flexibility index (Phi) is 21.0. The van der Waals surface area contributed by atoms with Gasteiger partial charge in [-0.25, -0.2) is 35.1 Å². The molecule has 0 bridgehead atoms. The monoisotopic (exact) mass is 762 g/mol. The molecule has 2 heterocycles. The lowest BCUT2D eigenvalue weighted by molar-refractivity contribution is 0.845. The van der Waals surface area contributed by atoms with Gasteiger partial charge in [-0.2, -0.15) is 19.9 Å². The van der Waals surface area contributed by atoms with Gasteiger partial charge in [-0.3, -0.25) is 0 Å². The topological polar surface area (TPSA) is 81.9 Å². The summed E-state index contributed by atoms with van der Waals surface area (Å²) in [5, 5.41) is 2.95. The highest BCUT2D eigenvalue weighted by Crippen LogP contribution is 2.22. The highest BCUT2D eigenvalue weighted by atomic mass is 35.8. The van der Waals surface area contributed by atoms with E-state index in [2.05, 4.69) is 92.0 Å². The van der Waals surface area contributed by atoms with Crippen LogP contribution >= 0.6 is 88.2 Å². The summed E-state index contributed by atoms with van der Waals surface area (Å²) >= 11 is 26.0. The van der Waals surface area contributed by atoms with E-state index in [1.165, 1.54) is 11.4 Å². The summed E-state index contributed by atoms with van der Waals surface area (Å²) < 4.78 is 0. The van der Waals surface area contributed by atoms with Gasteiger partial charge in [0, 0.05) is 43.1 Å². The normalized spacial score (nSPS) is 13.3. The number of anilines is 2. The van der Waals surface area contributed by atoms with Crippen molar-refractivity contribution in [3.63, 3.8) is 0 Å². The van der Waals surface area contributed by atoms with Crippen molar-refractivity contribution in [2.24, 2.45) is 9.98 Å². The van der Waals surface area contributed by atoms with E-state index in [1.807, 2.05) is 30.3 Å². The molecule has 0 saturated heterocycles. The smallest absolute Gasteiger partial charge is 0.372 e. The third-order valence-corrected chi connectivity index (χ3v) is 6.29. The number of aliphatic imine (C=N–C) groups is 2. The summed E-state index contributed by atoms with van der Waals surface area (Å²) in [6.07, 6.45) is 0. The Morgan fingerprint density at radius 1 is 0.698 bits per heavy atom. The number of rotatable bonds is 7. The molecule has 1 N–H and O–H groups in total. The second-order valence-corrected chi connectivity index (χ2v) is 16.2. The molecule has 4 rings (SSSR count). The van der Waals surface area contributed by atoms with E-state index in [9.17, 15) is 0 Å². The molecule has 1 aliphatic rings. The SMILES string of the molecule is CCN(CC)c1ccc(-c2nc(Cl)nc(Cl)n2)cc1.CCN(CC)c1ccccc1.ClC1=NC(Cl)NC(Cl)=N1.[Cl][Al]([Cl])[Cl]. The maximum absolute atomic E-state index is 5.77. The number of amidine groups is 2. The van der Waals surface area contributed by atoms with Crippen LogP contribution in [0.5, 0.6) is 0 Å². The summed E-state index contributed by atoms with van der Waals surface area (Å²) in [6.45, 7) is 12.7. The van der Waals surface area contributed by atoms with Gasteiger partial charge in [0.25, 0.3) is 0 Å². The third-order valence-electron chi connectivity index (χ3n) is 5.37. The summed E-state index contributed by atoms with van der Waals surface area (Å²) in [5.74, 6) is 0.482. The van der Waals surface area contributed by atoms with Gasteiger partial charge in [-0.15, -0.1) is 0 Å². The predicted octanol–water partition coefficient (Wildman–Crippen LogP) is 9.21. The van der Waals surface area contributed by atoms with Crippen LogP contribution in [0.15, 0.2) is 64.6 Å². The van der Waals surface area contributed by atoms with Gasteiger partial charge in [0.1, 0.15) is 0 Å². The molecule has 0 saturated carbocycles. The van der Waals surface area contributed by atoms with Gasteiger partial charge >= 0.3 is 11.4 Å². The number of benzene rings is 2. The molecule has 1 aliphatic heterocycles. The van der Waals surface area contributed by atoms with Crippen molar-refractivity contribution in [2.45, 2.75) is 33.3 Å². The van der Waals surface area contributed by atoms with Crippen molar-refractivity contribution in [2.75, 3.05) is 36.0 Å². The number of para-hydroxylation sites is 1. The van der Waals surface area contributed by atoms with Crippen LogP contribution in [0.1, 0.15) is 27.7 Å². The van der Waals surface area contributed by atoms with E-state index >= 15 is 0 Å². The van der Waals surface area contributed by atoms with Crippen LogP contribution in [-0.2, 0) is 0 Å². The average molecular weight is 766 g/mol. The Bertz CT molecular complexity index is 1240. The van der Waals surface area contributed by atoms with E-state index in [1.54, 1.807) is 0 Å². The largest absolute Gasteiger partial charge is 0.643 e. The number of halogens is 8. The Balaban J connectivity index is 0.000000327. The van der Waals surface area contributed by atoms with Gasteiger partial charge in [-0.05, 0) is 110 Å². The lowest BCUT2D eigenvalue weighted by Gasteiger charge is -2.20. The first kappa shape index (κ1) is 40.1. The zero-order chi connectivity index (χ0) is 32.4. The first-order valence-corrected chi connectivity index (χ1v) is 20.1. The molecule has 0 radical (unpaired) electrons. The van der Waals surface area contributed by atoms with Gasteiger partial charge in [0.2, 0.25) is 21.2 Å². The second kappa shape index (κ2) is 22.5. The zero-order valence-electron chi connectivity index (χ0n) is 23.8. The number of hydrogen-bond donors (Lipinski definition) is 1. The van der Waals surface area contributed by atoms with E-state index in [-0.39, 0.29) is 21.2 Å². The Labute approximate surface area is 295 Å². The molecule has 43 heavy (non-hydrogen) atoms. The number of hydrogen-bond acceptors (Lipinski definition) is 8. The molecule has 2 aromatic carbocycles. The summed E-state index contributed by atoms with van der Waals surface area (Å²) in [5.41, 5.74) is 2.75. The van der Waals surface area contributed by atoms with Gasteiger partial charge in [-0.1, -0.05) is 29.8 Å².